The van der Waals surface area contributed by atoms with Crippen LogP contribution in [0.4, 0.5) is 5.82 Å². The molecule has 2 aliphatic rings. The van der Waals surface area contributed by atoms with Gasteiger partial charge in [0.15, 0.2) is 5.82 Å². The van der Waals surface area contributed by atoms with E-state index in [4.69, 9.17) is 14.9 Å². The second kappa shape index (κ2) is 9.35. The van der Waals surface area contributed by atoms with Crippen LogP contribution in [0.5, 0.6) is 5.75 Å². The molecule has 5 rings (SSSR count). The Labute approximate surface area is 186 Å². The van der Waals surface area contributed by atoms with Crippen LogP contribution in [-0.4, -0.2) is 60.5 Å². The molecule has 3 N–H and O–H groups in total. The molecule has 1 aromatic carbocycles. The predicted molar refractivity (Wildman–Crippen MR) is 118 cm³/mol. The van der Waals surface area contributed by atoms with Gasteiger partial charge in [-0.15, -0.1) is 0 Å². The van der Waals surface area contributed by atoms with E-state index in [-0.39, 0.29) is 24.4 Å². The summed E-state index contributed by atoms with van der Waals surface area (Å²) in [6.45, 7) is 3.50. The summed E-state index contributed by atoms with van der Waals surface area (Å²) in [6.07, 6.45) is 6.88. The standard InChI is InChI=1S/C22H25N5O2.CH2O2/c1-14-8-21(25-22(24-14)17-4-2-3-5-19(17)28)27-11-15-9-18(26-7-6-23-13-26)20(29)10-16(15)12-27;2-1-3/h2-8,13,15-16,18,20,28-29H,9-12H2,1H3;1H,(H,2,3)/t15-,16+,18-,20-;/m1./s1. The van der Waals surface area contributed by atoms with E-state index in [1.807, 2.05) is 35.9 Å². The van der Waals surface area contributed by atoms with E-state index in [2.05, 4.69) is 14.9 Å². The molecule has 0 unspecified atom stereocenters. The minimum atomic E-state index is -0.352. The monoisotopic (exact) mass is 437 g/mol. The van der Waals surface area contributed by atoms with Crippen molar-refractivity contribution in [2.45, 2.75) is 31.9 Å². The molecule has 1 saturated carbocycles. The fraction of sp³-hybridized carbons (Fsp3) is 0.391. The van der Waals surface area contributed by atoms with Crippen molar-refractivity contribution in [2.24, 2.45) is 11.8 Å². The highest BCUT2D eigenvalue weighted by Gasteiger charge is 2.42. The molecule has 32 heavy (non-hydrogen) atoms. The van der Waals surface area contributed by atoms with E-state index < -0.39 is 0 Å². The first-order valence-electron chi connectivity index (χ1n) is 10.6. The molecule has 2 fully saturated rings. The van der Waals surface area contributed by atoms with Crippen LogP contribution in [0.25, 0.3) is 11.4 Å². The largest absolute Gasteiger partial charge is 0.507 e. The summed E-state index contributed by atoms with van der Waals surface area (Å²) in [4.78, 5) is 24.1. The van der Waals surface area contributed by atoms with Crippen LogP contribution in [0.1, 0.15) is 24.6 Å². The summed E-state index contributed by atoms with van der Waals surface area (Å²) in [5.41, 5.74) is 1.52. The van der Waals surface area contributed by atoms with Crippen molar-refractivity contribution in [3.8, 4) is 17.1 Å². The molecule has 0 bridgehead atoms. The first-order chi connectivity index (χ1) is 15.5. The number of hydrogen-bond acceptors (Lipinski definition) is 7. The summed E-state index contributed by atoms with van der Waals surface area (Å²) in [7, 11) is 0. The van der Waals surface area contributed by atoms with Crippen molar-refractivity contribution in [3.05, 3.63) is 54.7 Å². The third kappa shape index (κ3) is 4.43. The van der Waals surface area contributed by atoms with Gasteiger partial charge in [-0.05, 0) is 43.7 Å². The zero-order chi connectivity index (χ0) is 22.7. The van der Waals surface area contributed by atoms with Gasteiger partial charge in [-0.25, -0.2) is 15.0 Å². The second-order valence-corrected chi connectivity index (χ2v) is 8.35. The Bertz CT molecular complexity index is 1060. The van der Waals surface area contributed by atoms with Gasteiger partial charge in [-0.2, -0.15) is 0 Å². The van der Waals surface area contributed by atoms with Crippen LogP contribution in [-0.2, 0) is 4.79 Å². The lowest BCUT2D eigenvalue weighted by molar-refractivity contribution is -0.122. The smallest absolute Gasteiger partial charge is 0.290 e. The maximum absolute atomic E-state index is 10.7. The summed E-state index contributed by atoms with van der Waals surface area (Å²) >= 11 is 0. The Hall–Kier alpha value is -3.46. The molecule has 9 heteroatoms. The highest BCUT2D eigenvalue weighted by Crippen LogP contribution is 2.42. The molecule has 1 aliphatic carbocycles. The molecular formula is C23H27N5O4. The number of anilines is 1. The van der Waals surface area contributed by atoms with Crippen molar-refractivity contribution in [3.63, 3.8) is 0 Å². The van der Waals surface area contributed by atoms with Crippen LogP contribution in [0, 0.1) is 18.8 Å². The van der Waals surface area contributed by atoms with Gasteiger partial charge >= 0.3 is 0 Å². The second-order valence-electron chi connectivity index (χ2n) is 8.35. The number of carboxylic acid groups (broad SMARTS) is 1. The molecule has 0 spiro atoms. The molecule has 2 aromatic heterocycles. The SMILES string of the molecule is Cc1cc(N2C[C@H]3C[C@@H](n4ccnc4)[C@H](O)C[C@H]3C2)nc(-c2ccccc2O)n1.O=CO. The number of aromatic hydroxyl groups is 1. The summed E-state index contributed by atoms with van der Waals surface area (Å²) in [6, 6.07) is 9.25. The Morgan fingerprint density at radius 1 is 1.12 bits per heavy atom. The van der Waals surface area contributed by atoms with Crippen LogP contribution in [0.2, 0.25) is 0 Å². The lowest BCUT2D eigenvalue weighted by Gasteiger charge is -2.35. The van der Waals surface area contributed by atoms with E-state index in [1.165, 1.54) is 0 Å². The molecule has 1 saturated heterocycles. The van der Waals surface area contributed by atoms with Gasteiger partial charge in [0.2, 0.25) is 0 Å². The fourth-order valence-corrected chi connectivity index (χ4v) is 4.88. The average Bonchev–Trinajstić information content (AvgIpc) is 3.43. The van der Waals surface area contributed by atoms with Crippen LogP contribution < -0.4 is 4.90 Å². The number of nitrogens with zero attached hydrogens (tertiary/aromatic N) is 5. The van der Waals surface area contributed by atoms with Crippen molar-refractivity contribution < 1.29 is 20.1 Å². The first-order valence-corrected chi connectivity index (χ1v) is 10.6. The summed E-state index contributed by atoms with van der Waals surface area (Å²) < 4.78 is 2.04. The normalized spacial score (nSPS) is 24.4. The number of aryl methyl sites for hydroxylation is 1. The average molecular weight is 438 g/mol. The fourth-order valence-electron chi connectivity index (χ4n) is 4.88. The number of aliphatic hydroxyl groups excluding tert-OH is 1. The Morgan fingerprint density at radius 2 is 1.84 bits per heavy atom. The predicted octanol–water partition coefficient (Wildman–Crippen LogP) is 2.50. The van der Waals surface area contributed by atoms with Crippen LogP contribution in [0.3, 0.4) is 0 Å². The van der Waals surface area contributed by atoms with E-state index in [0.717, 1.165) is 37.4 Å². The number of aromatic nitrogens is 4. The Morgan fingerprint density at radius 3 is 2.53 bits per heavy atom. The zero-order valence-electron chi connectivity index (χ0n) is 17.8. The number of phenolic OH excluding ortho intramolecular Hbond substituents is 1. The zero-order valence-corrected chi connectivity index (χ0v) is 17.8. The molecule has 9 nitrogen and oxygen atoms in total. The molecular weight excluding hydrogens is 410 g/mol. The van der Waals surface area contributed by atoms with Gasteiger partial charge < -0.3 is 24.8 Å². The molecule has 1 aliphatic heterocycles. The topological polar surface area (TPSA) is 125 Å². The quantitative estimate of drug-likeness (QED) is 0.534. The highest BCUT2D eigenvalue weighted by atomic mass is 16.3. The van der Waals surface area contributed by atoms with Gasteiger partial charge in [-0.1, -0.05) is 12.1 Å². The molecule has 0 amide bonds. The van der Waals surface area contributed by atoms with Crippen LogP contribution >= 0.6 is 0 Å². The third-order valence-corrected chi connectivity index (χ3v) is 6.33. The van der Waals surface area contributed by atoms with Gasteiger partial charge in [0.25, 0.3) is 6.47 Å². The molecule has 0 radical (unpaired) electrons. The van der Waals surface area contributed by atoms with E-state index in [1.54, 1.807) is 24.7 Å². The van der Waals surface area contributed by atoms with Crippen molar-refractivity contribution in [1.82, 2.24) is 19.5 Å². The minimum Gasteiger partial charge on any atom is -0.507 e. The number of carbonyl (C=O) groups is 1. The number of aliphatic hydroxyl groups is 1. The first kappa shape index (κ1) is 21.8. The number of fused-ring (bicyclic) bond motifs is 1. The van der Waals surface area contributed by atoms with Gasteiger partial charge in [-0.3, -0.25) is 4.79 Å². The third-order valence-electron chi connectivity index (χ3n) is 6.33. The highest BCUT2D eigenvalue weighted by molar-refractivity contribution is 5.65. The summed E-state index contributed by atoms with van der Waals surface area (Å²) in [5, 5.41) is 27.8. The van der Waals surface area contributed by atoms with Crippen molar-refractivity contribution >= 4 is 12.3 Å². The number of para-hydroxylation sites is 1. The van der Waals surface area contributed by atoms with Crippen molar-refractivity contribution in [2.75, 3.05) is 18.0 Å². The lowest BCUT2D eigenvalue weighted by atomic mass is 9.77. The van der Waals surface area contributed by atoms with Gasteiger partial charge in [0, 0.05) is 37.2 Å². The molecule has 4 atom stereocenters. The van der Waals surface area contributed by atoms with Crippen molar-refractivity contribution in [1.29, 1.82) is 0 Å². The maximum Gasteiger partial charge on any atom is 0.290 e. The lowest BCUT2D eigenvalue weighted by Crippen LogP contribution is -2.35. The minimum absolute atomic E-state index is 0.0858. The van der Waals surface area contributed by atoms with E-state index in [0.29, 0.717) is 23.2 Å². The molecule has 3 aromatic rings. The Balaban J connectivity index is 0.000000775. The molecule has 3 heterocycles. The number of hydrogen-bond donors (Lipinski definition) is 3. The number of imidazole rings is 1. The molecule has 168 valence electrons. The van der Waals surface area contributed by atoms with E-state index >= 15 is 0 Å². The van der Waals surface area contributed by atoms with Gasteiger partial charge in [0.05, 0.1) is 24.0 Å². The van der Waals surface area contributed by atoms with E-state index in [9.17, 15) is 10.2 Å². The van der Waals surface area contributed by atoms with Gasteiger partial charge in [0.1, 0.15) is 11.6 Å². The number of rotatable bonds is 3. The summed E-state index contributed by atoms with van der Waals surface area (Å²) in [5.74, 6) is 2.58. The number of phenols is 1. The number of benzene rings is 1. The Kier molecular flexibility index (Phi) is 6.36. The van der Waals surface area contributed by atoms with Crippen LogP contribution in [0.15, 0.2) is 49.1 Å². The maximum atomic E-state index is 10.7.